The van der Waals surface area contributed by atoms with Gasteiger partial charge in [0.2, 0.25) is 0 Å². The summed E-state index contributed by atoms with van der Waals surface area (Å²) < 4.78 is 11.0. The van der Waals surface area contributed by atoms with Gasteiger partial charge < -0.3 is 25.0 Å². The van der Waals surface area contributed by atoms with Gasteiger partial charge in [0, 0.05) is 51.0 Å². The summed E-state index contributed by atoms with van der Waals surface area (Å²) in [6.45, 7) is 12.3. The molecule has 154 valence electrons. The molecule has 2 heterocycles. The summed E-state index contributed by atoms with van der Waals surface area (Å²) in [6.07, 6.45) is 2.07. The van der Waals surface area contributed by atoms with E-state index in [1.54, 1.807) is 0 Å². The van der Waals surface area contributed by atoms with Crippen LogP contribution in [0.4, 0.5) is 0 Å². The first-order valence-electron chi connectivity index (χ1n) is 9.66. The molecule has 2 aliphatic heterocycles. The van der Waals surface area contributed by atoms with E-state index < -0.39 is 0 Å². The van der Waals surface area contributed by atoms with Gasteiger partial charge in [-0.15, -0.1) is 24.0 Å². The van der Waals surface area contributed by atoms with E-state index >= 15 is 0 Å². The maximum atomic E-state index is 5.55. The molecule has 1 unspecified atom stereocenters. The van der Waals surface area contributed by atoms with Crippen LogP contribution in [0, 0.1) is 0 Å². The number of hydrogen-bond donors (Lipinski definition) is 2. The molecule has 0 aromatic rings. The summed E-state index contributed by atoms with van der Waals surface area (Å²) >= 11 is 0. The molecule has 0 aliphatic carbocycles. The fourth-order valence-corrected chi connectivity index (χ4v) is 3.46. The number of aliphatic imine (C=N–C) groups is 1. The average molecular weight is 483 g/mol. The Morgan fingerprint density at radius 1 is 1.12 bits per heavy atom. The highest BCUT2D eigenvalue weighted by Crippen LogP contribution is 2.26. The van der Waals surface area contributed by atoms with Crippen molar-refractivity contribution >= 4 is 29.9 Å². The minimum Gasteiger partial charge on any atom is -0.381 e. The molecular formula is C18H38IN5O2. The van der Waals surface area contributed by atoms with Crippen LogP contribution in [-0.2, 0) is 9.47 Å². The molecule has 0 bridgehead atoms. The lowest BCUT2D eigenvalue weighted by atomic mass is 9.89. The van der Waals surface area contributed by atoms with Crippen molar-refractivity contribution in [3.05, 3.63) is 0 Å². The SMILES string of the molecule is CCNC(=NCC1(N(C)C)CCOCC1)NCC(C)N1CCOCC1.I. The smallest absolute Gasteiger partial charge is 0.191 e. The van der Waals surface area contributed by atoms with Crippen LogP contribution in [0.2, 0.25) is 0 Å². The molecule has 1 atom stereocenters. The molecule has 0 radical (unpaired) electrons. The van der Waals surface area contributed by atoms with Crippen molar-refractivity contribution < 1.29 is 9.47 Å². The first-order valence-corrected chi connectivity index (χ1v) is 9.66. The molecule has 2 N–H and O–H groups in total. The van der Waals surface area contributed by atoms with Gasteiger partial charge in [-0.2, -0.15) is 0 Å². The highest BCUT2D eigenvalue weighted by molar-refractivity contribution is 14.0. The van der Waals surface area contributed by atoms with Gasteiger partial charge in [-0.1, -0.05) is 0 Å². The number of ether oxygens (including phenoxy) is 2. The fourth-order valence-electron chi connectivity index (χ4n) is 3.46. The number of hydrogen-bond acceptors (Lipinski definition) is 5. The first-order chi connectivity index (χ1) is 12.1. The number of morpholine rings is 1. The van der Waals surface area contributed by atoms with Gasteiger partial charge in [-0.25, -0.2) is 0 Å². The van der Waals surface area contributed by atoms with Crippen LogP contribution in [0.3, 0.4) is 0 Å². The molecule has 0 amide bonds. The highest BCUT2D eigenvalue weighted by Gasteiger charge is 2.34. The van der Waals surface area contributed by atoms with Gasteiger partial charge in [0.15, 0.2) is 5.96 Å². The van der Waals surface area contributed by atoms with E-state index in [1.807, 2.05) is 0 Å². The number of nitrogens with zero attached hydrogens (tertiary/aromatic N) is 3. The second-order valence-electron chi connectivity index (χ2n) is 7.30. The van der Waals surface area contributed by atoms with Crippen molar-refractivity contribution in [3.63, 3.8) is 0 Å². The topological polar surface area (TPSA) is 61.4 Å². The third kappa shape index (κ3) is 7.10. The number of halogens is 1. The zero-order valence-electron chi connectivity index (χ0n) is 16.9. The molecule has 0 aromatic heterocycles. The molecule has 7 nitrogen and oxygen atoms in total. The summed E-state index contributed by atoms with van der Waals surface area (Å²) in [5, 5.41) is 6.90. The predicted octanol–water partition coefficient (Wildman–Crippen LogP) is 0.991. The summed E-state index contributed by atoms with van der Waals surface area (Å²) in [4.78, 5) is 9.69. The number of nitrogens with one attached hydrogen (secondary N) is 2. The van der Waals surface area contributed by atoms with Gasteiger partial charge in [0.05, 0.1) is 19.8 Å². The van der Waals surface area contributed by atoms with Crippen molar-refractivity contribution in [2.45, 2.75) is 38.3 Å². The van der Waals surface area contributed by atoms with Gasteiger partial charge in [0.25, 0.3) is 0 Å². The number of rotatable bonds is 7. The summed E-state index contributed by atoms with van der Waals surface area (Å²) in [7, 11) is 4.31. The van der Waals surface area contributed by atoms with E-state index in [-0.39, 0.29) is 29.5 Å². The Labute approximate surface area is 176 Å². The minimum absolute atomic E-state index is 0. The second-order valence-corrected chi connectivity index (χ2v) is 7.30. The Balaban J connectivity index is 0.00000338. The van der Waals surface area contributed by atoms with Gasteiger partial charge in [0.1, 0.15) is 0 Å². The Morgan fingerprint density at radius 2 is 1.73 bits per heavy atom. The third-order valence-corrected chi connectivity index (χ3v) is 5.48. The lowest BCUT2D eigenvalue weighted by Gasteiger charge is -2.41. The van der Waals surface area contributed by atoms with Crippen molar-refractivity contribution in [2.75, 3.05) is 73.2 Å². The standard InChI is InChI=1S/C18H37N5O2.HI/c1-5-19-17(20-14-16(2)23-8-12-25-13-9-23)21-15-18(22(3)4)6-10-24-11-7-18;/h16H,5-15H2,1-4H3,(H2,19,20,21);1H. The van der Waals surface area contributed by atoms with Crippen LogP contribution in [0.15, 0.2) is 4.99 Å². The molecule has 26 heavy (non-hydrogen) atoms. The van der Waals surface area contributed by atoms with Crippen LogP contribution in [0.25, 0.3) is 0 Å². The van der Waals surface area contributed by atoms with Crippen LogP contribution in [0.5, 0.6) is 0 Å². The van der Waals surface area contributed by atoms with Gasteiger partial charge in [-0.3, -0.25) is 9.89 Å². The summed E-state index contributed by atoms with van der Waals surface area (Å²) in [6, 6.07) is 0.471. The van der Waals surface area contributed by atoms with E-state index in [9.17, 15) is 0 Å². The molecule has 2 fully saturated rings. The molecule has 0 saturated carbocycles. The van der Waals surface area contributed by atoms with Crippen LogP contribution < -0.4 is 10.6 Å². The van der Waals surface area contributed by atoms with Gasteiger partial charge >= 0.3 is 0 Å². The lowest BCUT2D eigenvalue weighted by molar-refractivity contribution is -0.00256. The maximum absolute atomic E-state index is 5.55. The van der Waals surface area contributed by atoms with Crippen molar-refractivity contribution in [1.82, 2.24) is 20.4 Å². The summed E-state index contributed by atoms with van der Waals surface area (Å²) in [5.41, 5.74) is 0.108. The van der Waals surface area contributed by atoms with E-state index in [0.717, 1.165) is 78.0 Å². The second kappa shape index (κ2) is 12.3. The lowest BCUT2D eigenvalue weighted by Crippen LogP contribution is -2.52. The molecule has 0 aromatic carbocycles. The molecule has 0 spiro atoms. The zero-order valence-corrected chi connectivity index (χ0v) is 19.3. The molecular weight excluding hydrogens is 445 g/mol. The van der Waals surface area contributed by atoms with Crippen LogP contribution >= 0.6 is 24.0 Å². The maximum Gasteiger partial charge on any atom is 0.191 e. The predicted molar refractivity (Wildman–Crippen MR) is 118 cm³/mol. The fraction of sp³-hybridized carbons (Fsp3) is 0.944. The van der Waals surface area contributed by atoms with Crippen LogP contribution in [-0.4, -0.2) is 101 Å². The Kier molecular flexibility index (Phi) is 11.3. The van der Waals surface area contributed by atoms with Crippen molar-refractivity contribution in [3.8, 4) is 0 Å². The van der Waals surface area contributed by atoms with E-state index in [0.29, 0.717) is 6.04 Å². The Bertz CT molecular complexity index is 410. The monoisotopic (exact) mass is 483 g/mol. The average Bonchev–Trinajstić information content (AvgIpc) is 2.65. The molecule has 2 saturated heterocycles. The number of likely N-dealkylation sites (N-methyl/N-ethyl adjacent to an activating group) is 1. The van der Waals surface area contributed by atoms with E-state index in [1.165, 1.54) is 0 Å². The summed E-state index contributed by atoms with van der Waals surface area (Å²) in [5.74, 6) is 0.912. The van der Waals surface area contributed by atoms with Crippen LogP contribution in [0.1, 0.15) is 26.7 Å². The minimum atomic E-state index is 0. The normalized spacial score (nSPS) is 22.6. The van der Waals surface area contributed by atoms with Crippen molar-refractivity contribution in [1.29, 1.82) is 0 Å². The molecule has 2 aliphatic rings. The third-order valence-electron chi connectivity index (χ3n) is 5.48. The quantitative estimate of drug-likeness (QED) is 0.320. The molecule has 8 heteroatoms. The van der Waals surface area contributed by atoms with E-state index in [2.05, 4.69) is 48.4 Å². The Morgan fingerprint density at radius 3 is 2.31 bits per heavy atom. The Hall–Kier alpha value is -0.160. The van der Waals surface area contributed by atoms with Crippen molar-refractivity contribution in [2.24, 2.45) is 4.99 Å². The number of guanidine groups is 1. The van der Waals surface area contributed by atoms with E-state index in [4.69, 9.17) is 14.5 Å². The highest BCUT2D eigenvalue weighted by atomic mass is 127. The first kappa shape index (κ1) is 23.9. The molecule has 2 rings (SSSR count). The largest absolute Gasteiger partial charge is 0.381 e. The zero-order chi connectivity index (χ0) is 18.1. The van der Waals surface area contributed by atoms with Gasteiger partial charge in [-0.05, 0) is 40.8 Å².